The number of methoxy groups -OCH3 is 1. The molecule has 37 heavy (non-hydrogen) atoms. The predicted molar refractivity (Wildman–Crippen MR) is 135 cm³/mol. The van der Waals surface area contributed by atoms with Crippen LogP contribution in [0.25, 0.3) is 0 Å². The highest BCUT2D eigenvalue weighted by molar-refractivity contribution is 7.89. The number of benzene rings is 1. The minimum atomic E-state index is -3.94. The molecule has 0 spiro atoms. The summed E-state index contributed by atoms with van der Waals surface area (Å²) in [6, 6.07) is 5.78. The largest absolute Gasteiger partial charge is 0.497 e. The van der Waals surface area contributed by atoms with Crippen molar-refractivity contribution in [3.8, 4) is 5.75 Å². The zero-order valence-electron chi connectivity index (χ0n) is 21.4. The number of ether oxygens (including phenoxy) is 4. The van der Waals surface area contributed by atoms with Crippen LogP contribution in [-0.4, -0.2) is 119 Å². The molecule has 4 rings (SSSR count). The van der Waals surface area contributed by atoms with Gasteiger partial charge in [0.25, 0.3) is 0 Å². The lowest BCUT2D eigenvalue weighted by Crippen LogP contribution is -2.57. The van der Waals surface area contributed by atoms with Crippen molar-refractivity contribution < 1.29 is 37.3 Å². The van der Waals surface area contributed by atoms with E-state index >= 15 is 0 Å². The SMILES string of the molecule is COc1cccc(S(=O)(=O)N2C[C@@H](O)COC[C@H]3O[C@H](CC(=O)NCCCN4CCOCC4)CC[C@@H]32)c1. The summed E-state index contributed by atoms with van der Waals surface area (Å²) in [6.45, 7) is 4.94. The number of aliphatic hydroxyl groups is 1. The minimum absolute atomic E-state index is 0.00497. The number of aliphatic hydroxyl groups excluding tert-OH is 1. The fourth-order valence-corrected chi connectivity index (χ4v) is 6.85. The summed E-state index contributed by atoms with van der Waals surface area (Å²) < 4.78 is 51.0. The highest BCUT2D eigenvalue weighted by atomic mass is 32.2. The Morgan fingerprint density at radius 1 is 1.19 bits per heavy atom. The number of morpholine rings is 1. The van der Waals surface area contributed by atoms with Gasteiger partial charge in [-0.05, 0) is 37.9 Å². The monoisotopic (exact) mass is 541 g/mol. The first-order chi connectivity index (χ1) is 17.9. The number of fused-ring (bicyclic) bond motifs is 1. The third-order valence-electron chi connectivity index (χ3n) is 7.07. The van der Waals surface area contributed by atoms with Gasteiger partial charge in [-0.25, -0.2) is 8.42 Å². The number of sulfonamides is 1. The Morgan fingerprint density at radius 3 is 2.78 bits per heavy atom. The molecule has 0 saturated carbocycles. The number of rotatable bonds is 9. The van der Waals surface area contributed by atoms with Gasteiger partial charge in [0.1, 0.15) is 5.75 Å². The Labute approximate surface area is 219 Å². The van der Waals surface area contributed by atoms with E-state index in [2.05, 4.69) is 10.2 Å². The summed E-state index contributed by atoms with van der Waals surface area (Å²) in [5, 5.41) is 13.4. The van der Waals surface area contributed by atoms with Crippen LogP contribution in [-0.2, 0) is 29.0 Å². The number of carbonyl (C=O) groups is 1. The van der Waals surface area contributed by atoms with Crippen molar-refractivity contribution in [3.63, 3.8) is 0 Å². The van der Waals surface area contributed by atoms with Gasteiger partial charge in [-0.3, -0.25) is 9.69 Å². The molecule has 11 nitrogen and oxygen atoms in total. The molecule has 1 aromatic rings. The summed E-state index contributed by atoms with van der Waals surface area (Å²) in [7, 11) is -2.46. The van der Waals surface area contributed by atoms with Gasteiger partial charge >= 0.3 is 0 Å². The molecule has 208 valence electrons. The Kier molecular flexibility index (Phi) is 10.2. The normalized spacial score (nSPS) is 28.1. The van der Waals surface area contributed by atoms with Crippen molar-refractivity contribution >= 4 is 15.9 Å². The molecule has 3 aliphatic heterocycles. The molecule has 0 aliphatic carbocycles. The molecule has 12 heteroatoms. The molecule has 0 radical (unpaired) electrons. The second kappa shape index (κ2) is 13.3. The van der Waals surface area contributed by atoms with Gasteiger partial charge in [0, 0.05) is 32.2 Å². The van der Waals surface area contributed by atoms with Crippen molar-refractivity contribution in [1.29, 1.82) is 0 Å². The van der Waals surface area contributed by atoms with Gasteiger partial charge in [-0.2, -0.15) is 4.31 Å². The molecule has 3 fully saturated rings. The van der Waals surface area contributed by atoms with Gasteiger partial charge in [0.05, 0.1) is 69.2 Å². The lowest BCUT2D eigenvalue weighted by molar-refractivity contribution is -0.146. The van der Waals surface area contributed by atoms with Crippen LogP contribution in [0.5, 0.6) is 5.75 Å². The lowest BCUT2D eigenvalue weighted by atomic mass is 9.96. The van der Waals surface area contributed by atoms with E-state index < -0.39 is 28.3 Å². The van der Waals surface area contributed by atoms with Crippen molar-refractivity contribution in [1.82, 2.24) is 14.5 Å². The minimum Gasteiger partial charge on any atom is -0.497 e. The number of amides is 1. The predicted octanol–water partition coefficient (Wildman–Crippen LogP) is 0.222. The number of carbonyl (C=O) groups excluding carboxylic acids is 1. The number of nitrogens with zero attached hydrogens (tertiary/aromatic N) is 2. The first kappa shape index (κ1) is 28.2. The quantitative estimate of drug-likeness (QED) is 0.422. The highest BCUT2D eigenvalue weighted by Crippen LogP contribution is 2.32. The molecule has 1 amide bonds. The van der Waals surface area contributed by atoms with Crippen molar-refractivity contribution in [2.45, 2.75) is 54.9 Å². The van der Waals surface area contributed by atoms with Crippen LogP contribution in [0.2, 0.25) is 0 Å². The molecule has 1 aromatic carbocycles. The Morgan fingerprint density at radius 2 is 2.00 bits per heavy atom. The van der Waals surface area contributed by atoms with Gasteiger partial charge < -0.3 is 29.4 Å². The van der Waals surface area contributed by atoms with Crippen LogP contribution in [0.3, 0.4) is 0 Å². The van der Waals surface area contributed by atoms with E-state index in [4.69, 9.17) is 18.9 Å². The zero-order valence-corrected chi connectivity index (χ0v) is 22.2. The van der Waals surface area contributed by atoms with Gasteiger partial charge in [0.15, 0.2) is 0 Å². The Bertz CT molecular complexity index is 988. The summed E-state index contributed by atoms with van der Waals surface area (Å²) >= 11 is 0. The molecule has 0 bridgehead atoms. The molecular weight excluding hydrogens is 502 g/mol. The third-order valence-corrected chi connectivity index (χ3v) is 8.96. The van der Waals surface area contributed by atoms with E-state index in [1.807, 2.05) is 0 Å². The Balaban J connectivity index is 1.34. The average molecular weight is 542 g/mol. The molecule has 3 saturated heterocycles. The maximum atomic E-state index is 13.6. The van der Waals surface area contributed by atoms with Crippen LogP contribution in [0.1, 0.15) is 25.7 Å². The number of nitrogens with one attached hydrogen (secondary N) is 1. The standard InChI is InChI=1S/C25H39N3O8S/c1-33-20-4-2-5-22(14-20)37(31,32)28-16-19(29)17-35-18-24-23(28)7-6-21(36-24)15-25(30)26-8-3-9-27-10-12-34-13-11-27/h2,4-5,14,19,21,23-24,29H,3,6-13,15-18H2,1H3,(H,26,30)/t19-,21+,23+,24-/m1/s1. The Hall–Kier alpha value is -1.80. The van der Waals surface area contributed by atoms with Gasteiger partial charge in [-0.1, -0.05) is 6.07 Å². The number of β-amino-alcohol motifs (C(OH)–C–C–N with tert-alkyl or cyclic N) is 1. The molecule has 3 heterocycles. The van der Waals surface area contributed by atoms with E-state index in [1.165, 1.54) is 23.5 Å². The molecule has 0 aromatic heterocycles. The summed E-state index contributed by atoms with van der Waals surface area (Å²) in [6.07, 6.45) is 0.292. The average Bonchev–Trinajstić information content (AvgIpc) is 2.89. The van der Waals surface area contributed by atoms with E-state index in [9.17, 15) is 18.3 Å². The number of hydrogen-bond donors (Lipinski definition) is 2. The van der Waals surface area contributed by atoms with Crippen LogP contribution in [0.15, 0.2) is 29.2 Å². The fraction of sp³-hybridized carbons (Fsp3) is 0.720. The number of hydrogen-bond acceptors (Lipinski definition) is 9. The second-order valence-corrected chi connectivity index (χ2v) is 11.6. The molecule has 3 aliphatic rings. The van der Waals surface area contributed by atoms with Crippen LogP contribution < -0.4 is 10.1 Å². The van der Waals surface area contributed by atoms with E-state index in [1.54, 1.807) is 12.1 Å². The molecule has 4 atom stereocenters. The molecule has 0 unspecified atom stereocenters. The van der Waals surface area contributed by atoms with Crippen LogP contribution in [0, 0.1) is 0 Å². The smallest absolute Gasteiger partial charge is 0.243 e. The zero-order chi connectivity index (χ0) is 26.3. The molecule has 2 N–H and O–H groups in total. The second-order valence-electron chi connectivity index (χ2n) is 9.75. The fourth-order valence-electron chi connectivity index (χ4n) is 5.10. The maximum absolute atomic E-state index is 13.6. The molecular formula is C25H39N3O8S. The van der Waals surface area contributed by atoms with E-state index in [0.29, 0.717) is 25.1 Å². The van der Waals surface area contributed by atoms with E-state index in [0.717, 1.165) is 39.3 Å². The van der Waals surface area contributed by atoms with Gasteiger partial charge in [-0.15, -0.1) is 0 Å². The lowest BCUT2D eigenvalue weighted by Gasteiger charge is -2.43. The topological polar surface area (TPSA) is 127 Å². The highest BCUT2D eigenvalue weighted by Gasteiger charge is 2.43. The van der Waals surface area contributed by atoms with Crippen molar-refractivity contribution in [2.24, 2.45) is 0 Å². The first-order valence-corrected chi connectivity index (χ1v) is 14.4. The first-order valence-electron chi connectivity index (χ1n) is 13.0. The third kappa shape index (κ3) is 7.62. The van der Waals surface area contributed by atoms with E-state index in [-0.39, 0.29) is 43.1 Å². The summed E-state index contributed by atoms with van der Waals surface area (Å²) in [5.41, 5.74) is 0. The van der Waals surface area contributed by atoms with Gasteiger partial charge in [0.2, 0.25) is 15.9 Å². The summed E-state index contributed by atoms with van der Waals surface area (Å²) in [5.74, 6) is 0.359. The van der Waals surface area contributed by atoms with Crippen molar-refractivity contribution in [2.75, 3.05) is 66.3 Å². The van der Waals surface area contributed by atoms with Crippen molar-refractivity contribution in [3.05, 3.63) is 24.3 Å². The summed E-state index contributed by atoms with van der Waals surface area (Å²) in [4.78, 5) is 15.0. The maximum Gasteiger partial charge on any atom is 0.243 e. The van der Waals surface area contributed by atoms with Crippen LogP contribution >= 0.6 is 0 Å². The van der Waals surface area contributed by atoms with Crippen LogP contribution in [0.4, 0.5) is 0 Å².